The maximum absolute atomic E-state index is 14.3. The molecule has 2 N–H and O–H groups in total. The van der Waals surface area contributed by atoms with E-state index in [1.165, 1.54) is 16.7 Å². The second-order valence-corrected chi connectivity index (χ2v) is 11.1. The van der Waals surface area contributed by atoms with Gasteiger partial charge in [0.1, 0.15) is 23.4 Å². The van der Waals surface area contributed by atoms with Crippen molar-refractivity contribution in [3.8, 4) is 5.75 Å². The van der Waals surface area contributed by atoms with E-state index in [4.69, 9.17) is 15.2 Å². The summed E-state index contributed by atoms with van der Waals surface area (Å²) in [6.45, 7) is -0.0807. The number of nitrogens with zero attached hydrogens (tertiary/aromatic N) is 1. The molecule has 2 heterocycles. The van der Waals surface area contributed by atoms with E-state index in [1.807, 2.05) is 91.0 Å². The van der Waals surface area contributed by atoms with Crippen molar-refractivity contribution in [3.63, 3.8) is 0 Å². The van der Waals surface area contributed by atoms with Gasteiger partial charge in [0.2, 0.25) is 11.3 Å². The number of thioether (sulfide) groups is 1. The van der Waals surface area contributed by atoms with Crippen molar-refractivity contribution in [1.29, 1.82) is 0 Å². The van der Waals surface area contributed by atoms with Crippen molar-refractivity contribution in [3.05, 3.63) is 134 Å². The molecule has 2 unspecified atom stereocenters. The second-order valence-electron chi connectivity index (χ2n) is 10.0. The number of amides is 1. The first-order valence-corrected chi connectivity index (χ1v) is 13.9. The number of hydrogen-bond donors (Lipinski definition) is 1. The summed E-state index contributed by atoms with van der Waals surface area (Å²) in [4.78, 5) is 54.3. The molecular weight excluding hydrogens is 528 g/mol. The third kappa shape index (κ3) is 4.31. The molecule has 9 heteroatoms. The van der Waals surface area contributed by atoms with Gasteiger partial charge in [0.25, 0.3) is 5.43 Å². The van der Waals surface area contributed by atoms with Crippen LogP contribution in [0.5, 0.6) is 5.75 Å². The van der Waals surface area contributed by atoms with Gasteiger partial charge in [0.05, 0.1) is 5.56 Å². The molecule has 6 rings (SSSR count). The third-order valence-corrected chi connectivity index (χ3v) is 9.06. The predicted molar refractivity (Wildman–Crippen MR) is 151 cm³/mol. The summed E-state index contributed by atoms with van der Waals surface area (Å²) < 4.78 is 12.1. The maximum Gasteiger partial charge on any atom is 0.320 e. The molecule has 0 saturated carbocycles. The van der Waals surface area contributed by atoms with E-state index in [9.17, 15) is 19.2 Å². The van der Waals surface area contributed by atoms with Gasteiger partial charge in [-0.05, 0) is 16.7 Å². The van der Waals surface area contributed by atoms with Crippen LogP contribution in [0.25, 0.3) is 0 Å². The van der Waals surface area contributed by atoms with Crippen molar-refractivity contribution >= 4 is 23.6 Å². The number of fused-ring (bicyclic) bond motifs is 1. The topological polar surface area (TPSA) is 116 Å². The minimum Gasteiger partial charge on any atom is -0.484 e. The molecule has 3 atom stereocenters. The van der Waals surface area contributed by atoms with Crippen LogP contribution in [0.4, 0.5) is 0 Å². The van der Waals surface area contributed by atoms with Gasteiger partial charge in [-0.2, -0.15) is 0 Å². The molecule has 40 heavy (non-hydrogen) atoms. The number of benzene rings is 3. The zero-order valence-corrected chi connectivity index (χ0v) is 22.2. The highest BCUT2D eigenvalue weighted by molar-refractivity contribution is 8.00. The molecule has 4 aromatic carbocycles. The van der Waals surface area contributed by atoms with E-state index in [-0.39, 0.29) is 41.5 Å². The van der Waals surface area contributed by atoms with Crippen LogP contribution in [0.15, 0.2) is 101 Å². The smallest absolute Gasteiger partial charge is 0.320 e. The molecule has 2 saturated heterocycles. The molecule has 0 aromatic heterocycles. The Kier molecular flexibility index (Phi) is 6.77. The lowest BCUT2D eigenvalue weighted by molar-refractivity contribution is -0.159. The standard InChI is InChI=1S/C31H26N2O6S/c32-23-28(36)33-17-31(18-40-29(23)33,22-24(34)25(35)27(22)38-16-19-10-4-1-5-11-19)30(37)39-26(20-12-6-2-7-13-20)21-14-8-3-9-15-21/h1-15,23,26,29H,16-18,32H2/t23?,29-,31?/m1/s1. The quantitative estimate of drug-likeness (QED) is 0.201. The number of rotatable bonds is 8. The van der Waals surface area contributed by atoms with Crippen LogP contribution < -0.4 is 21.3 Å². The maximum atomic E-state index is 14.3. The lowest BCUT2D eigenvalue weighted by Gasteiger charge is -2.53. The van der Waals surface area contributed by atoms with E-state index in [0.717, 1.165) is 16.7 Å². The molecule has 0 aliphatic carbocycles. The minimum atomic E-state index is -1.60. The summed E-state index contributed by atoms with van der Waals surface area (Å²) in [6, 6.07) is 27.1. The molecule has 1 amide bonds. The molecule has 0 bridgehead atoms. The molecular formula is C31H26N2O6S. The van der Waals surface area contributed by atoms with Crippen molar-refractivity contribution in [2.24, 2.45) is 5.73 Å². The van der Waals surface area contributed by atoms with Crippen LogP contribution in [0.3, 0.4) is 0 Å². The summed E-state index contributed by atoms with van der Waals surface area (Å²) in [5, 5.41) is -0.312. The van der Waals surface area contributed by atoms with Crippen LogP contribution in [-0.4, -0.2) is 40.5 Å². The molecule has 0 spiro atoms. The highest BCUT2D eigenvalue weighted by Crippen LogP contribution is 2.46. The summed E-state index contributed by atoms with van der Waals surface area (Å²) in [6.07, 6.45) is -0.774. The Morgan fingerprint density at radius 1 is 0.900 bits per heavy atom. The molecule has 2 fully saturated rings. The van der Waals surface area contributed by atoms with Crippen LogP contribution >= 0.6 is 11.8 Å². The third-order valence-electron chi connectivity index (χ3n) is 7.51. The lowest BCUT2D eigenvalue weighted by atomic mass is 9.77. The zero-order valence-electron chi connectivity index (χ0n) is 21.4. The van der Waals surface area contributed by atoms with Crippen LogP contribution in [0, 0.1) is 0 Å². The van der Waals surface area contributed by atoms with Gasteiger partial charge in [-0.15, -0.1) is 11.8 Å². The molecule has 202 valence electrons. The van der Waals surface area contributed by atoms with E-state index < -0.39 is 34.4 Å². The van der Waals surface area contributed by atoms with E-state index in [0.29, 0.717) is 0 Å². The number of β-lactam (4-membered cyclic amide) rings is 1. The Hall–Kier alpha value is -4.21. The number of hydrogen-bond acceptors (Lipinski definition) is 8. The normalized spacial score (nSPS) is 22.1. The number of carbonyl (C=O) groups excluding carboxylic acids is 2. The Morgan fingerprint density at radius 2 is 1.48 bits per heavy atom. The number of ether oxygens (including phenoxy) is 2. The first-order chi connectivity index (χ1) is 19.4. The fourth-order valence-electron chi connectivity index (χ4n) is 5.33. The first-order valence-electron chi connectivity index (χ1n) is 12.9. The summed E-state index contributed by atoms with van der Waals surface area (Å²) in [5.41, 5.74) is 5.05. The highest BCUT2D eigenvalue weighted by atomic mass is 32.2. The van der Waals surface area contributed by atoms with Gasteiger partial charge in [-0.1, -0.05) is 91.0 Å². The van der Waals surface area contributed by atoms with Crippen molar-refractivity contribution in [2.45, 2.75) is 29.5 Å². The molecule has 2 aliphatic heterocycles. The van der Waals surface area contributed by atoms with Crippen LogP contribution in [-0.2, 0) is 26.3 Å². The number of nitrogens with two attached hydrogens (primary N) is 1. The molecule has 8 nitrogen and oxygen atoms in total. The van der Waals surface area contributed by atoms with E-state index >= 15 is 0 Å². The van der Waals surface area contributed by atoms with E-state index in [2.05, 4.69) is 0 Å². The van der Waals surface area contributed by atoms with Crippen molar-refractivity contribution in [2.75, 3.05) is 12.3 Å². The van der Waals surface area contributed by atoms with Crippen molar-refractivity contribution in [1.82, 2.24) is 4.90 Å². The van der Waals surface area contributed by atoms with Crippen LogP contribution in [0.1, 0.15) is 28.4 Å². The Morgan fingerprint density at radius 3 is 2.08 bits per heavy atom. The van der Waals surface area contributed by atoms with Gasteiger partial charge in [0.15, 0.2) is 11.9 Å². The van der Waals surface area contributed by atoms with Gasteiger partial charge >= 0.3 is 5.97 Å². The SMILES string of the molecule is NC1C(=O)N2CC(C(=O)OC(c3ccccc3)c3ccccc3)(c3c(OCc4ccccc4)c(=O)c3=O)CS[C@H]12. The second kappa shape index (κ2) is 10.4. The number of esters is 1. The van der Waals surface area contributed by atoms with Gasteiger partial charge in [0, 0.05) is 12.3 Å². The average Bonchev–Trinajstić information content (AvgIpc) is 3.01. The average molecular weight is 555 g/mol. The Bertz CT molecular complexity index is 1580. The summed E-state index contributed by atoms with van der Waals surface area (Å²) in [7, 11) is 0. The molecule has 0 radical (unpaired) electrons. The van der Waals surface area contributed by atoms with Gasteiger partial charge < -0.3 is 20.1 Å². The van der Waals surface area contributed by atoms with E-state index in [1.54, 1.807) is 0 Å². The highest BCUT2D eigenvalue weighted by Gasteiger charge is 2.60. The minimum absolute atomic E-state index is 0.0440. The lowest BCUT2D eigenvalue weighted by Crippen LogP contribution is -2.74. The van der Waals surface area contributed by atoms with Gasteiger partial charge in [-0.3, -0.25) is 19.2 Å². The zero-order chi connectivity index (χ0) is 27.9. The summed E-state index contributed by atoms with van der Waals surface area (Å²) in [5.74, 6) is -1.07. The fraction of sp³-hybridized carbons (Fsp3) is 0.226. The fourth-order valence-corrected chi connectivity index (χ4v) is 6.82. The molecule has 2 aliphatic rings. The summed E-state index contributed by atoms with van der Waals surface area (Å²) >= 11 is 1.30. The monoisotopic (exact) mass is 554 g/mol. The van der Waals surface area contributed by atoms with Gasteiger partial charge in [-0.25, -0.2) is 0 Å². The van der Waals surface area contributed by atoms with Crippen molar-refractivity contribution < 1.29 is 19.1 Å². The largest absolute Gasteiger partial charge is 0.484 e. The number of carbonyl (C=O) groups is 2. The molecule has 4 aromatic rings. The predicted octanol–water partition coefficient (Wildman–Crippen LogP) is 2.67. The van der Waals surface area contributed by atoms with Crippen LogP contribution in [0.2, 0.25) is 0 Å². The first kappa shape index (κ1) is 26.0. The Labute approximate surface area is 234 Å². The Balaban J connectivity index is 1.39.